The van der Waals surface area contributed by atoms with E-state index in [0.717, 1.165) is 33.3 Å². The maximum absolute atomic E-state index is 12.8. The predicted molar refractivity (Wildman–Crippen MR) is 82.0 cm³/mol. The van der Waals surface area contributed by atoms with Crippen molar-refractivity contribution in [2.75, 3.05) is 0 Å². The quantitative estimate of drug-likeness (QED) is 0.677. The van der Waals surface area contributed by atoms with E-state index in [4.69, 9.17) is 4.74 Å². The van der Waals surface area contributed by atoms with Crippen molar-refractivity contribution in [1.29, 1.82) is 0 Å². The maximum Gasteiger partial charge on any atom is 0.197 e. The largest absolute Gasteiger partial charge is 0.487 e. The van der Waals surface area contributed by atoms with E-state index >= 15 is 0 Å². The summed E-state index contributed by atoms with van der Waals surface area (Å²) in [7, 11) is 0. The number of aromatic amines is 1. The average molecular weight is 277 g/mol. The minimum Gasteiger partial charge on any atom is -0.487 e. The smallest absolute Gasteiger partial charge is 0.197 e. The van der Waals surface area contributed by atoms with Crippen LogP contribution in [-0.2, 0) is 6.61 Å². The normalized spacial score (nSPS) is 13.5. The molecular formula is C18H15NO2. The van der Waals surface area contributed by atoms with Crippen LogP contribution in [0.4, 0.5) is 0 Å². The molecule has 1 N–H and O–H groups in total. The van der Waals surface area contributed by atoms with Gasteiger partial charge in [-0.15, -0.1) is 0 Å². The number of hydrogen-bond acceptors (Lipinski definition) is 2. The second-order valence-electron chi connectivity index (χ2n) is 5.51. The fourth-order valence-electron chi connectivity index (χ4n) is 3.03. The maximum atomic E-state index is 12.8. The van der Waals surface area contributed by atoms with Crippen LogP contribution in [0.1, 0.15) is 32.7 Å². The Labute approximate surface area is 122 Å². The lowest BCUT2D eigenvalue weighted by Crippen LogP contribution is -2.02. The number of aryl methyl sites for hydroxylation is 2. The van der Waals surface area contributed by atoms with Gasteiger partial charge in [0.25, 0.3) is 0 Å². The Balaban J connectivity index is 2.04. The van der Waals surface area contributed by atoms with Crippen LogP contribution in [-0.4, -0.2) is 10.8 Å². The van der Waals surface area contributed by atoms with Crippen LogP contribution in [0.3, 0.4) is 0 Å². The van der Waals surface area contributed by atoms with Crippen molar-refractivity contribution in [3.05, 3.63) is 64.3 Å². The first-order chi connectivity index (χ1) is 10.2. The number of hydrogen-bond donors (Lipinski definition) is 1. The zero-order valence-corrected chi connectivity index (χ0v) is 12.0. The summed E-state index contributed by atoms with van der Waals surface area (Å²) >= 11 is 0. The third-order valence-corrected chi connectivity index (χ3v) is 4.30. The molecule has 0 radical (unpaired) electrons. The van der Waals surface area contributed by atoms with Crippen molar-refractivity contribution in [2.24, 2.45) is 0 Å². The predicted octanol–water partition coefficient (Wildman–Crippen LogP) is 3.91. The van der Waals surface area contributed by atoms with E-state index in [1.807, 2.05) is 43.3 Å². The van der Waals surface area contributed by atoms with Crippen molar-refractivity contribution in [1.82, 2.24) is 4.98 Å². The number of rotatable bonds is 0. The van der Waals surface area contributed by atoms with E-state index in [1.54, 1.807) is 0 Å². The van der Waals surface area contributed by atoms with E-state index < -0.39 is 0 Å². The van der Waals surface area contributed by atoms with E-state index in [2.05, 4.69) is 11.9 Å². The molecule has 0 bridgehead atoms. The first kappa shape index (κ1) is 12.2. The molecule has 1 aliphatic heterocycles. The third-order valence-electron chi connectivity index (χ3n) is 4.30. The molecule has 2 aromatic carbocycles. The molecule has 4 rings (SSSR count). The molecule has 2 heterocycles. The Hall–Kier alpha value is -2.55. The molecule has 0 fully saturated rings. The number of ketones is 1. The number of aromatic nitrogens is 1. The van der Waals surface area contributed by atoms with E-state index in [9.17, 15) is 4.79 Å². The van der Waals surface area contributed by atoms with Gasteiger partial charge in [0.2, 0.25) is 0 Å². The molecule has 0 unspecified atom stereocenters. The van der Waals surface area contributed by atoms with Crippen molar-refractivity contribution in [2.45, 2.75) is 20.5 Å². The minimum atomic E-state index is 0.0400. The van der Waals surface area contributed by atoms with Crippen molar-refractivity contribution < 1.29 is 9.53 Å². The number of benzene rings is 2. The molecule has 3 heteroatoms. The van der Waals surface area contributed by atoms with E-state index in [0.29, 0.717) is 17.9 Å². The molecule has 0 aliphatic carbocycles. The van der Waals surface area contributed by atoms with Crippen LogP contribution >= 0.6 is 0 Å². The molecule has 3 aromatic rings. The Morgan fingerprint density at radius 2 is 1.86 bits per heavy atom. The van der Waals surface area contributed by atoms with Gasteiger partial charge in [-0.3, -0.25) is 4.79 Å². The third kappa shape index (κ3) is 1.64. The Morgan fingerprint density at radius 3 is 2.71 bits per heavy atom. The number of ether oxygens (including phenoxy) is 1. The van der Waals surface area contributed by atoms with Gasteiger partial charge in [0.1, 0.15) is 12.4 Å². The summed E-state index contributed by atoms with van der Waals surface area (Å²) in [6.07, 6.45) is 0. The number of carbonyl (C=O) groups is 1. The van der Waals surface area contributed by atoms with Crippen LogP contribution < -0.4 is 4.74 Å². The summed E-state index contributed by atoms with van der Waals surface area (Å²) in [6, 6.07) is 11.5. The molecule has 104 valence electrons. The molecule has 21 heavy (non-hydrogen) atoms. The van der Waals surface area contributed by atoms with Crippen molar-refractivity contribution in [3.8, 4) is 5.75 Å². The van der Waals surface area contributed by atoms with Gasteiger partial charge in [-0.2, -0.15) is 0 Å². The molecule has 1 aromatic heterocycles. The van der Waals surface area contributed by atoms with Crippen LogP contribution in [0.5, 0.6) is 5.75 Å². The summed E-state index contributed by atoms with van der Waals surface area (Å²) in [5, 5.41) is 1.02. The highest BCUT2D eigenvalue weighted by Gasteiger charge is 2.25. The lowest BCUT2D eigenvalue weighted by molar-refractivity contribution is 0.103. The van der Waals surface area contributed by atoms with Crippen LogP contribution in [0.25, 0.3) is 10.9 Å². The summed E-state index contributed by atoms with van der Waals surface area (Å²) in [5.74, 6) is 0.744. The Bertz CT molecular complexity index is 890. The SMILES string of the molecule is Cc1[nH]c2ccc3c(c2c1C)OCc1ccccc1C3=O. The highest BCUT2D eigenvalue weighted by atomic mass is 16.5. The van der Waals surface area contributed by atoms with Gasteiger partial charge >= 0.3 is 0 Å². The van der Waals surface area contributed by atoms with Crippen LogP contribution in [0.15, 0.2) is 36.4 Å². The summed E-state index contributed by atoms with van der Waals surface area (Å²) in [4.78, 5) is 16.1. The minimum absolute atomic E-state index is 0.0400. The van der Waals surface area contributed by atoms with E-state index in [1.165, 1.54) is 0 Å². The lowest BCUT2D eigenvalue weighted by Gasteiger charge is -2.08. The van der Waals surface area contributed by atoms with Gasteiger partial charge < -0.3 is 9.72 Å². The Morgan fingerprint density at radius 1 is 1.05 bits per heavy atom. The molecule has 0 spiro atoms. The highest BCUT2D eigenvalue weighted by molar-refractivity contribution is 6.15. The standard InChI is InChI=1S/C18H15NO2/c1-10-11(2)19-15-8-7-14-17(20)13-6-4-3-5-12(13)9-21-18(14)16(10)15/h3-8,19H,9H2,1-2H3. The molecule has 0 atom stereocenters. The number of H-pyrrole nitrogens is 1. The fraction of sp³-hybridized carbons (Fsp3) is 0.167. The van der Waals surface area contributed by atoms with Gasteiger partial charge in [-0.25, -0.2) is 0 Å². The molecule has 3 nitrogen and oxygen atoms in total. The second kappa shape index (κ2) is 4.22. The Kier molecular flexibility index (Phi) is 2.45. The number of nitrogens with one attached hydrogen (secondary N) is 1. The van der Waals surface area contributed by atoms with Gasteiger partial charge in [-0.1, -0.05) is 24.3 Å². The second-order valence-corrected chi connectivity index (χ2v) is 5.51. The zero-order valence-electron chi connectivity index (χ0n) is 12.0. The van der Waals surface area contributed by atoms with Crippen LogP contribution in [0, 0.1) is 13.8 Å². The first-order valence-electron chi connectivity index (χ1n) is 7.04. The topological polar surface area (TPSA) is 42.1 Å². The molecule has 0 saturated heterocycles. The zero-order chi connectivity index (χ0) is 14.6. The molecule has 0 amide bonds. The number of carbonyl (C=O) groups excluding carboxylic acids is 1. The van der Waals surface area contributed by atoms with Crippen LogP contribution in [0.2, 0.25) is 0 Å². The molecule has 0 saturated carbocycles. The first-order valence-corrected chi connectivity index (χ1v) is 7.04. The average Bonchev–Trinajstić information content (AvgIpc) is 2.71. The fourth-order valence-corrected chi connectivity index (χ4v) is 3.03. The van der Waals surface area contributed by atoms with Gasteiger partial charge in [0, 0.05) is 27.7 Å². The van der Waals surface area contributed by atoms with E-state index in [-0.39, 0.29) is 5.78 Å². The van der Waals surface area contributed by atoms with Gasteiger partial charge in [0.15, 0.2) is 5.78 Å². The lowest BCUT2D eigenvalue weighted by atomic mass is 9.97. The summed E-state index contributed by atoms with van der Waals surface area (Å²) < 4.78 is 6.01. The molecular weight excluding hydrogens is 262 g/mol. The van der Waals surface area contributed by atoms with Crippen molar-refractivity contribution in [3.63, 3.8) is 0 Å². The van der Waals surface area contributed by atoms with Gasteiger partial charge in [0.05, 0.1) is 5.56 Å². The summed E-state index contributed by atoms with van der Waals surface area (Å²) in [6.45, 7) is 4.52. The summed E-state index contributed by atoms with van der Waals surface area (Å²) in [5.41, 5.74) is 5.59. The van der Waals surface area contributed by atoms with Gasteiger partial charge in [-0.05, 0) is 31.5 Å². The molecule has 1 aliphatic rings. The highest BCUT2D eigenvalue weighted by Crippen LogP contribution is 2.37. The number of fused-ring (bicyclic) bond motifs is 4. The van der Waals surface area contributed by atoms with Crippen molar-refractivity contribution >= 4 is 16.7 Å². The monoisotopic (exact) mass is 277 g/mol.